The number of aryl methyl sites for hydroxylation is 2. The Morgan fingerprint density at radius 1 is 1.27 bits per heavy atom. The molecule has 10 nitrogen and oxygen atoms in total. The van der Waals surface area contributed by atoms with Crippen molar-refractivity contribution in [2.24, 2.45) is 18.0 Å². The fraction of sp³-hybridized carbons (Fsp3) is 0.462. The number of aliphatic imine (C=N–C) groups is 1. The Kier molecular flexibility index (Phi) is 6.45. The number of aliphatic hydroxyl groups excluding tert-OH is 1. The van der Waals surface area contributed by atoms with Crippen LogP contribution >= 0.6 is 11.3 Å². The van der Waals surface area contributed by atoms with Gasteiger partial charge in [0.15, 0.2) is 0 Å². The first-order valence-corrected chi connectivity index (χ1v) is 13.2. The SMILES string of the molecule is Cc1ncsc1-c1ccc(C2(C)NC([C@H]3C[C@@H](O)CN3C(=O)C(c3cn(C)nn3)C(C)C)=NC2=O)cc1. The standard InChI is InChI=1S/C26H31N7O3S/c1-14(2)21(19-12-32(5)31-30-19)24(35)33-11-18(34)10-20(33)23-28-25(36)26(4,29-23)17-8-6-16(7-9-17)22-15(3)27-13-37-22/h6-9,12-14,18,20-21,34H,10-11H2,1-5H3,(H,28,29,36)/t18-,20-,21?,26?/m1/s1. The van der Waals surface area contributed by atoms with Crippen LogP contribution in [0.1, 0.15) is 50.1 Å². The summed E-state index contributed by atoms with van der Waals surface area (Å²) in [4.78, 5) is 38.4. The summed E-state index contributed by atoms with van der Waals surface area (Å²) in [6.07, 6.45) is 1.33. The summed E-state index contributed by atoms with van der Waals surface area (Å²) in [6.45, 7) is 7.86. The van der Waals surface area contributed by atoms with E-state index >= 15 is 0 Å². The number of aromatic nitrogens is 4. The highest BCUT2D eigenvalue weighted by molar-refractivity contribution is 7.13. The molecule has 194 valence electrons. The highest BCUT2D eigenvalue weighted by Gasteiger charge is 2.48. The maximum Gasteiger partial charge on any atom is 0.277 e. The zero-order valence-corrected chi connectivity index (χ0v) is 22.4. The highest BCUT2D eigenvalue weighted by Crippen LogP contribution is 2.34. The molecule has 1 fully saturated rings. The lowest BCUT2D eigenvalue weighted by atomic mass is 9.90. The average molecular weight is 522 g/mol. The third kappa shape index (κ3) is 4.46. The normalized spacial score (nSPS) is 24.5. The van der Waals surface area contributed by atoms with Gasteiger partial charge in [-0.1, -0.05) is 43.3 Å². The Morgan fingerprint density at radius 2 is 2.00 bits per heavy atom. The minimum Gasteiger partial charge on any atom is -0.391 e. The molecule has 2 aliphatic heterocycles. The first-order chi connectivity index (χ1) is 17.6. The molecule has 3 aromatic rings. The van der Waals surface area contributed by atoms with Crippen molar-refractivity contribution < 1.29 is 14.7 Å². The molecule has 37 heavy (non-hydrogen) atoms. The van der Waals surface area contributed by atoms with E-state index in [4.69, 9.17) is 0 Å². The van der Waals surface area contributed by atoms with Crippen LogP contribution in [0.3, 0.4) is 0 Å². The van der Waals surface area contributed by atoms with Crippen LogP contribution < -0.4 is 5.32 Å². The number of rotatable bonds is 6. The van der Waals surface area contributed by atoms with Crippen LogP contribution in [0.25, 0.3) is 10.4 Å². The zero-order valence-electron chi connectivity index (χ0n) is 21.5. The third-order valence-electron chi connectivity index (χ3n) is 7.25. The molecule has 2 N–H and O–H groups in total. The molecule has 4 atom stereocenters. The van der Waals surface area contributed by atoms with Crippen molar-refractivity contribution in [3.63, 3.8) is 0 Å². The number of nitrogens with one attached hydrogen (secondary N) is 1. The second-order valence-corrected chi connectivity index (χ2v) is 11.2. The fourth-order valence-electron chi connectivity index (χ4n) is 5.20. The van der Waals surface area contributed by atoms with Crippen LogP contribution in [0.15, 0.2) is 41.0 Å². The summed E-state index contributed by atoms with van der Waals surface area (Å²) in [7, 11) is 1.76. The first-order valence-electron chi connectivity index (χ1n) is 12.4. The average Bonchev–Trinajstić information content (AvgIpc) is 3.62. The van der Waals surface area contributed by atoms with Gasteiger partial charge in [0.05, 0.1) is 39.8 Å². The summed E-state index contributed by atoms with van der Waals surface area (Å²) >= 11 is 1.58. The lowest BCUT2D eigenvalue weighted by Gasteiger charge is -2.31. The van der Waals surface area contributed by atoms with Crippen molar-refractivity contribution in [3.8, 4) is 10.4 Å². The van der Waals surface area contributed by atoms with Gasteiger partial charge in [-0.3, -0.25) is 14.3 Å². The summed E-state index contributed by atoms with van der Waals surface area (Å²) < 4.78 is 1.57. The number of amides is 2. The van der Waals surface area contributed by atoms with E-state index in [0.29, 0.717) is 18.0 Å². The molecular weight excluding hydrogens is 490 g/mol. The number of carbonyl (C=O) groups excluding carboxylic acids is 2. The van der Waals surface area contributed by atoms with E-state index in [1.807, 2.05) is 50.5 Å². The summed E-state index contributed by atoms with van der Waals surface area (Å²) in [5, 5.41) is 22.0. The van der Waals surface area contributed by atoms with E-state index in [1.54, 1.807) is 41.1 Å². The Hall–Kier alpha value is -3.44. The lowest BCUT2D eigenvalue weighted by Crippen LogP contribution is -2.51. The van der Waals surface area contributed by atoms with Gasteiger partial charge in [-0.2, -0.15) is 4.99 Å². The van der Waals surface area contributed by atoms with Crippen molar-refractivity contribution in [3.05, 3.63) is 52.9 Å². The molecule has 0 saturated carbocycles. The van der Waals surface area contributed by atoms with Crippen molar-refractivity contribution in [2.75, 3.05) is 6.54 Å². The van der Waals surface area contributed by atoms with Gasteiger partial charge in [-0.25, -0.2) is 4.98 Å². The molecule has 0 radical (unpaired) electrons. The van der Waals surface area contributed by atoms with E-state index in [2.05, 4.69) is 25.6 Å². The Balaban J connectivity index is 1.39. The maximum absolute atomic E-state index is 13.8. The Labute approximate surface area is 219 Å². The van der Waals surface area contributed by atoms with Gasteiger partial charge in [0.1, 0.15) is 11.4 Å². The van der Waals surface area contributed by atoms with Gasteiger partial charge in [0, 0.05) is 26.2 Å². The number of likely N-dealkylation sites (tertiary alicyclic amines) is 1. The van der Waals surface area contributed by atoms with Crippen molar-refractivity contribution >= 4 is 29.0 Å². The van der Waals surface area contributed by atoms with Gasteiger partial charge in [0.2, 0.25) is 5.91 Å². The molecule has 5 rings (SSSR count). The number of thiazole rings is 1. The summed E-state index contributed by atoms with van der Waals surface area (Å²) in [5.41, 5.74) is 4.12. The number of hydrogen-bond donors (Lipinski definition) is 2. The van der Waals surface area contributed by atoms with Crippen LogP contribution in [0, 0.1) is 12.8 Å². The number of amidine groups is 1. The molecule has 0 spiro atoms. The number of nitrogens with zero attached hydrogens (tertiary/aromatic N) is 6. The van der Waals surface area contributed by atoms with Crippen LogP contribution in [0.4, 0.5) is 0 Å². The van der Waals surface area contributed by atoms with Crippen molar-refractivity contribution in [1.82, 2.24) is 30.2 Å². The molecular formula is C26H31N7O3S. The molecule has 2 aliphatic rings. The van der Waals surface area contributed by atoms with E-state index < -0.39 is 23.6 Å². The van der Waals surface area contributed by atoms with E-state index in [0.717, 1.165) is 21.7 Å². The molecule has 11 heteroatoms. The quantitative estimate of drug-likeness (QED) is 0.510. The van der Waals surface area contributed by atoms with E-state index in [1.165, 1.54) is 0 Å². The molecule has 2 aromatic heterocycles. The van der Waals surface area contributed by atoms with Gasteiger partial charge in [-0.15, -0.1) is 16.4 Å². The molecule has 2 unspecified atom stereocenters. The van der Waals surface area contributed by atoms with Crippen LogP contribution in [-0.2, 0) is 22.2 Å². The third-order valence-corrected chi connectivity index (χ3v) is 8.22. The van der Waals surface area contributed by atoms with Crippen molar-refractivity contribution in [2.45, 2.75) is 57.7 Å². The van der Waals surface area contributed by atoms with Crippen LogP contribution in [0.5, 0.6) is 0 Å². The van der Waals surface area contributed by atoms with E-state index in [-0.39, 0.29) is 24.3 Å². The zero-order chi connectivity index (χ0) is 26.5. The maximum atomic E-state index is 13.8. The minimum absolute atomic E-state index is 0.0336. The Morgan fingerprint density at radius 3 is 2.59 bits per heavy atom. The molecule has 0 aliphatic carbocycles. The second-order valence-electron chi connectivity index (χ2n) is 10.3. The highest BCUT2D eigenvalue weighted by atomic mass is 32.1. The molecule has 0 bridgehead atoms. The number of carbonyl (C=O) groups is 2. The lowest BCUT2D eigenvalue weighted by molar-refractivity contribution is -0.134. The first kappa shape index (κ1) is 25.2. The predicted octanol–water partition coefficient (Wildman–Crippen LogP) is 2.39. The number of β-amino-alcohol motifs (C(OH)–C–C–N with tert-alkyl or cyclic N) is 1. The van der Waals surface area contributed by atoms with Crippen LogP contribution in [0.2, 0.25) is 0 Å². The van der Waals surface area contributed by atoms with E-state index in [9.17, 15) is 14.7 Å². The van der Waals surface area contributed by atoms with Gasteiger partial charge < -0.3 is 15.3 Å². The van der Waals surface area contributed by atoms with Gasteiger partial charge in [0.25, 0.3) is 5.91 Å². The monoisotopic (exact) mass is 521 g/mol. The van der Waals surface area contributed by atoms with Gasteiger partial charge >= 0.3 is 0 Å². The summed E-state index contributed by atoms with van der Waals surface area (Å²) in [5.74, 6) is -0.636. The van der Waals surface area contributed by atoms with Crippen molar-refractivity contribution in [1.29, 1.82) is 0 Å². The number of hydrogen-bond acceptors (Lipinski definition) is 8. The van der Waals surface area contributed by atoms with Crippen LogP contribution in [-0.4, -0.2) is 66.3 Å². The predicted molar refractivity (Wildman–Crippen MR) is 140 cm³/mol. The number of benzene rings is 1. The fourth-order valence-corrected chi connectivity index (χ4v) is 6.01. The topological polar surface area (TPSA) is 126 Å². The minimum atomic E-state index is -1.07. The largest absolute Gasteiger partial charge is 0.391 e. The molecule has 2 amide bonds. The Bertz CT molecular complexity index is 1360. The number of aliphatic hydroxyl groups is 1. The smallest absolute Gasteiger partial charge is 0.277 e. The van der Waals surface area contributed by atoms with Gasteiger partial charge in [-0.05, 0) is 30.9 Å². The molecule has 4 heterocycles. The second kappa shape index (κ2) is 9.46. The summed E-state index contributed by atoms with van der Waals surface area (Å²) in [6, 6.07) is 7.28. The molecule has 1 aromatic carbocycles. The molecule has 1 saturated heterocycles.